The molecule has 2 heteroatoms. The molecular weight excluding hydrogens is 186 g/mol. The van der Waals surface area contributed by atoms with E-state index in [0.717, 1.165) is 6.54 Å². The smallest absolute Gasteiger partial charge is 0.0694 e. The average Bonchev–Trinajstić information content (AvgIpc) is 2.38. The van der Waals surface area contributed by atoms with Crippen LogP contribution in [0.4, 0.5) is 0 Å². The van der Waals surface area contributed by atoms with Crippen molar-refractivity contribution in [2.24, 2.45) is 0 Å². The second-order valence-electron chi connectivity index (χ2n) is 5.38. The molecule has 1 heterocycles. The first-order chi connectivity index (χ1) is 6.50. The highest BCUT2D eigenvalue weighted by Gasteiger charge is 2.36. The summed E-state index contributed by atoms with van der Waals surface area (Å²) in [7, 11) is 1.14. The van der Waals surface area contributed by atoms with Gasteiger partial charge in [0.1, 0.15) is 0 Å². The fraction of sp³-hybridized carbons (Fsp3) is 0.500. The molecule has 0 aliphatic carbocycles. The van der Waals surface area contributed by atoms with Crippen molar-refractivity contribution in [2.45, 2.75) is 31.9 Å². The van der Waals surface area contributed by atoms with E-state index < -0.39 is 8.07 Å². The van der Waals surface area contributed by atoms with Crippen LogP contribution in [0, 0.1) is 0 Å². The SMILES string of the molecule is CN1Cc2ccccc2[C@H]1[Si](C)(C)C. The van der Waals surface area contributed by atoms with Crippen molar-refractivity contribution in [3.05, 3.63) is 35.4 Å². The van der Waals surface area contributed by atoms with Crippen LogP contribution in [0.15, 0.2) is 24.3 Å². The van der Waals surface area contributed by atoms with E-state index >= 15 is 0 Å². The lowest BCUT2D eigenvalue weighted by atomic mass is 10.1. The van der Waals surface area contributed by atoms with Gasteiger partial charge in [0.05, 0.1) is 8.07 Å². The van der Waals surface area contributed by atoms with Gasteiger partial charge in [-0.3, -0.25) is 4.90 Å². The highest BCUT2D eigenvalue weighted by molar-refractivity contribution is 6.77. The zero-order valence-electron chi connectivity index (χ0n) is 9.54. The van der Waals surface area contributed by atoms with Gasteiger partial charge < -0.3 is 0 Å². The largest absolute Gasteiger partial charge is 0.298 e. The summed E-state index contributed by atoms with van der Waals surface area (Å²) < 4.78 is 0. The van der Waals surface area contributed by atoms with Gasteiger partial charge >= 0.3 is 0 Å². The Balaban J connectivity index is 2.45. The topological polar surface area (TPSA) is 3.24 Å². The lowest BCUT2D eigenvalue weighted by Gasteiger charge is -2.31. The predicted octanol–water partition coefficient (Wildman–Crippen LogP) is 3.05. The summed E-state index contributed by atoms with van der Waals surface area (Å²) in [6, 6.07) is 8.90. The zero-order valence-corrected chi connectivity index (χ0v) is 10.5. The van der Waals surface area contributed by atoms with Crippen molar-refractivity contribution < 1.29 is 0 Å². The Labute approximate surface area is 87.8 Å². The number of rotatable bonds is 1. The van der Waals surface area contributed by atoms with Gasteiger partial charge in [-0.2, -0.15) is 0 Å². The van der Waals surface area contributed by atoms with Crippen molar-refractivity contribution in [1.29, 1.82) is 0 Å². The van der Waals surface area contributed by atoms with E-state index in [9.17, 15) is 0 Å². The molecule has 0 amide bonds. The molecule has 0 N–H and O–H groups in total. The summed E-state index contributed by atoms with van der Waals surface area (Å²) in [6.07, 6.45) is 0. The van der Waals surface area contributed by atoms with Gasteiger partial charge in [0.25, 0.3) is 0 Å². The molecule has 1 aromatic carbocycles. The van der Waals surface area contributed by atoms with E-state index in [1.807, 2.05) is 0 Å². The fourth-order valence-electron chi connectivity index (χ4n) is 2.67. The van der Waals surface area contributed by atoms with Crippen LogP contribution >= 0.6 is 0 Å². The first-order valence-corrected chi connectivity index (χ1v) is 8.86. The summed E-state index contributed by atoms with van der Waals surface area (Å²) in [5.41, 5.74) is 3.82. The highest BCUT2D eigenvalue weighted by Crippen LogP contribution is 2.38. The molecule has 1 atom stereocenters. The van der Waals surface area contributed by atoms with Gasteiger partial charge in [-0.15, -0.1) is 0 Å². The Kier molecular flexibility index (Phi) is 2.28. The van der Waals surface area contributed by atoms with E-state index in [0.29, 0.717) is 5.67 Å². The Bertz CT molecular complexity index is 340. The van der Waals surface area contributed by atoms with E-state index in [-0.39, 0.29) is 0 Å². The van der Waals surface area contributed by atoms with E-state index in [1.54, 1.807) is 5.56 Å². The molecule has 1 aliphatic heterocycles. The standard InChI is InChI=1S/C12H19NSi/c1-13-9-10-7-5-6-8-11(10)12(13)14(2,3)4/h5-8,12H,9H2,1-4H3/t12-/m1/s1. The quantitative estimate of drug-likeness (QED) is 0.637. The molecule has 0 saturated heterocycles. The highest BCUT2D eigenvalue weighted by atomic mass is 28.3. The van der Waals surface area contributed by atoms with E-state index in [4.69, 9.17) is 0 Å². The summed E-state index contributed by atoms with van der Waals surface area (Å²) in [4.78, 5) is 2.51. The third kappa shape index (κ3) is 1.53. The van der Waals surface area contributed by atoms with Crippen LogP contribution < -0.4 is 0 Å². The predicted molar refractivity (Wildman–Crippen MR) is 64.0 cm³/mol. The van der Waals surface area contributed by atoms with Crippen LogP contribution in [0.2, 0.25) is 19.6 Å². The van der Waals surface area contributed by atoms with Crippen LogP contribution in [0.5, 0.6) is 0 Å². The lowest BCUT2D eigenvalue weighted by molar-refractivity contribution is 0.328. The molecule has 0 unspecified atom stereocenters. The summed E-state index contributed by atoms with van der Waals surface area (Å²) in [5, 5.41) is 0. The first kappa shape index (κ1) is 9.93. The molecule has 14 heavy (non-hydrogen) atoms. The van der Waals surface area contributed by atoms with E-state index in [1.165, 1.54) is 5.56 Å². The summed E-state index contributed by atoms with van der Waals surface area (Å²) in [6.45, 7) is 8.49. The Morgan fingerprint density at radius 3 is 2.50 bits per heavy atom. The van der Waals surface area contributed by atoms with Gasteiger partial charge in [0, 0.05) is 12.2 Å². The monoisotopic (exact) mass is 205 g/mol. The second kappa shape index (κ2) is 3.21. The summed E-state index contributed by atoms with van der Waals surface area (Å²) >= 11 is 0. The normalized spacial score (nSPS) is 22.4. The number of nitrogens with zero attached hydrogens (tertiary/aromatic N) is 1. The van der Waals surface area contributed by atoms with Crippen molar-refractivity contribution >= 4 is 8.07 Å². The Morgan fingerprint density at radius 2 is 1.86 bits per heavy atom. The number of fused-ring (bicyclic) bond motifs is 1. The maximum absolute atomic E-state index is 2.51. The number of hydrogen-bond acceptors (Lipinski definition) is 1. The molecule has 0 spiro atoms. The van der Waals surface area contributed by atoms with Gasteiger partial charge in [0.2, 0.25) is 0 Å². The van der Waals surface area contributed by atoms with Crippen molar-refractivity contribution in [3.63, 3.8) is 0 Å². The summed E-state index contributed by atoms with van der Waals surface area (Å²) in [5.74, 6) is 0. The number of hydrogen-bond donors (Lipinski definition) is 0. The molecule has 1 aliphatic rings. The fourth-order valence-corrected chi connectivity index (χ4v) is 5.30. The first-order valence-electron chi connectivity index (χ1n) is 5.28. The van der Waals surface area contributed by atoms with E-state index in [2.05, 4.69) is 55.9 Å². The molecule has 2 rings (SSSR count). The molecule has 0 fully saturated rings. The number of benzene rings is 1. The molecule has 0 saturated carbocycles. The average molecular weight is 205 g/mol. The molecule has 76 valence electrons. The lowest BCUT2D eigenvalue weighted by Crippen LogP contribution is -2.38. The van der Waals surface area contributed by atoms with Gasteiger partial charge in [-0.1, -0.05) is 43.9 Å². The molecule has 0 aromatic heterocycles. The maximum Gasteiger partial charge on any atom is 0.0694 e. The van der Waals surface area contributed by atoms with Crippen LogP contribution in [0.3, 0.4) is 0 Å². The van der Waals surface area contributed by atoms with Crippen LogP contribution in [-0.2, 0) is 6.54 Å². The van der Waals surface area contributed by atoms with Crippen molar-refractivity contribution in [3.8, 4) is 0 Å². The van der Waals surface area contributed by atoms with Crippen LogP contribution in [-0.4, -0.2) is 20.0 Å². The van der Waals surface area contributed by atoms with Gasteiger partial charge in [-0.05, 0) is 18.2 Å². The molecule has 0 radical (unpaired) electrons. The molecular formula is C12H19NSi. The minimum atomic E-state index is -1.11. The molecule has 0 bridgehead atoms. The molecule has 1 aromatic rings. The Morgan fingerprint density at radius 1 is 1.21 bits per heavy atom. The minimum Gasteiger partial charge on any atom is -0.298 e. The van der Waals surface area contributed by atoms with Crippen LogP contribution in [0.1, 0.15) is 16.8 Å². The minimum absolute atomic E-state index is 0.707. The van der Waals surface area contributed by atoms with Crippen molar-refractivity contribution in [2.75, 3.05) is 7.05 Å². The maximum atomic E-state index is 2.51. The zero-order chi connectivity index (χ0) is 10.3. The third-order valence-electron chi connectivity index (χ3n) is 3.03. The molecule has 1 nitrogen and oxygen atoms in total. The van der Waals surface area contributed by atoms with Crippen LogP contribution in [0.25, 0.3) is 0 Å². The third-order valence-corrected chi connectivity index (χ3v) is 5.42. The Hall–Kier alpha value is -0.603. The van der Waals surface area contributed by atoms with Gasteiger partial charge in [-0.25, -0.2) is 0 Å². The second-order valence-corrected chi connectivity index (χ2v) is 10.7. The van der Waals surface area contributed by atoms with Crippen molar-refractivity contribution in [1.82, 2.24) is 4.90 Å². The van der Waals surface area contributed by atoms with Gasteiger partial charge in [0.15, 0.2) is 0 Å².